The first-order valence-electron chi connectivity index (χ1n) is 7.09. The van der Waals surface area contributed by atoms with Crippen LogP contribution in [-0.2, 0) is 23.1 Å². The van der Waals surface area contributed by atoms with E-state index in [0.29, 0.717) is 19.0 Å². The van der Waals surface area contributed by atoms with E-state index in [2.05, 4.69) is 42.6 Å². The van der Waals surface area contributed by atoms with Crippen molar-refractivity contribution in [1.82, 2.24) is 9.62 Å². The minimum Gasteiger partial charge on any atom is -0.300 e. The van der Waals surface area contributed by atoms with Crippen molar-refractivity contribution in [2.45, 2.75) is 46.3 Å². The Kier molecular flexibility index (Phi) is 6.65. The summed E-state index contributed by atoms with van der Waals surface area (Å²) in [6.07, 6.45) is 0.633. The highest BCUT2D eigenvalue weighted by atomic mass is 32.2. The molecule has 0 aromatic heterocycles. The summed E-state index contributed by atoms with van der Waals surface area (Å²) in [5, 5.41) is 0. The minimum absolute atomic E-state index is 0.183. The Morgan fingerprint density at radius 1 is 1.25 bits per heavy atom. The van der Waals surface area contributed by atoms with Crippen LogP contribution in [0.15, 0.2) is 24.3 Å². The van der Waals surface area contributed by atoms with Gasteiger partial charge in [-0.15, -0.1) is 0 Å². The van der Waals surface area contributed by atoms with Crippen LogP contribution < -0.4 is 4.72 Å². The van der Waals surface area contributed by atoms with E-state index in [9.17, 15) is 8.42 Å². The van der Waals surface area contributed by atoms with Crippen LogP contribution in [-0.4, -0.2) is 32.2 Å². The van der Waals surface area contributed by atoms with Crippen molar-refractivity contribution in [2.75, 3.05) is 12.8 Å². The van der Waals surface area contributed by atoms with E-state index in [1.807, 2.05) is 19.1 Å². The molecule has 1 aromatic rings. The van der Waals surface area contributed by atoms with Crippen molar-refractivity contribution in [3.8, 4) is 0 Å². The second-order valence-electron chi connectivity index (χ2n) is 5.47. The first-order valence-corrected chi connectivity index (χ1v) is 8.74. The lowest BCUT2D eigenvalue weighted by Crippen LogP contribution is -2.26. The van der Waals surface area contributed by atoms with Gasteiger partial charge in [-0.25, -0.2) is 13.1 Å². The molecule has 0 amide bonds. The Morgan fingerprint density at radius 3 is 2.50 bits per heavy atom. The predicted molar refractivity (Wildman–Crippen MR) is 84.0 cm³/mol. The first-order chi connectivity index (χ1) is 9.34. The number of hydrogen-bond donors (Lipinski definition) is 1. The van der Waals surface area contributed by atoms with Gasteiger partial charge in [0.25, 0.3) is 0 Å². The second-order valence-corrected chi connectivity index (χ2v) is 7.40. The Balaban J connectivity index is 2.64. The third-order valence-electron chi connectivity index (χ3n) is 3.27. The SMILES string of the molecule is CCCS(=O)(=O)NCc1cccc(CN(C)C(C)C)c1. The molecule has 0 spiro atoms. The molecular formula is C15H26N2O2S. The van der Waals surface area contributed by atoms with Crippen LogP contribution in [0.5, 0.6) is 0 Å². The van der Waals surface area contributed by atoms with Gasteiger partial charge in [-0.1, -0.05) is 31.2 Å². The first kappa shape index (κ1) is 17.1. The average molecular weight is 298 g/mol. The zero-order chi connectivity index (χ0) is 15.2. The molecule has 1 aromatic carbocycles. The summed E-state index contributed by atoms with van der Waals surface area (Å²) >= 11 is 0. The molecule has 4 nitrogen and oxygen atoms in total. The summed E-state index contributed by atoms with van der Waals surface area (Å²) in [6.45, 7) is 7.40. The molecular weight excluding hydrogens is 272 g/mol. The maximum Gasteiger partial charge on any atom is 0.211 e. The molecule has 20 heavy (non-hydrogen) atoms. The Labute approximate surface area is 123 Å². The lowest BCUT2D eigenvalue weighted by atomic mass is 10.1. The minimum atomic E-state index is -3.14. The van der Waals surface area contributed by atoms with Crippen LogP contribution >= 0.6 is 0 Å². The van der Waals surface area contributed by atoms with Gasteiger partial charge >= 0.3 is 0 Å². The van der Waals surface area contributed by atoms with Crippen molar-refractivity contribution in [3.63, 3.8) is 0 Å². The summed E-state index contributed by atoms with van der Waals surface area (Å²) in [5.41, 5.74) is 2.20. The van der Waals surface area contributed by atoms with Crippen LogP contribution in [0, 0.1) is 0 Å². The van der Waals surface area contributed by atoms with Crippen LogP contribution in [0.3, 0.4) is 0 Å². The lowest BCUT2D eigenvalue weighted by molar-refractivity contribution is 0.266. The van der Waals surface area contributed by atoms with Crippen LogP contribution in [0.25, 0.3) is 0 Å². The standard InChI is InChI=1S/C15H26N2O2S/c1-5-9-20(18,19)16-11-14-7-6-8-15(10-14)12-17(4)13(2)3/h6-8,10,13,16H,5,9,11-12H2,1-4H3. The molecule has 114 valence electrons. The van der Waals surface area contributed by atoms with Crippen LogP contribution in [0.4, 0.5) is 0 Å². The van der Waals surface area contributed by atoms with Crippen LogP contribution in [0.2, 0.25) is 0 Å². The number of nitrogens with zero attached hydrogens (tertiary/aromatic N) is 1. The van der Waals surface area contributed by atoms with Gasteiger partial charge in [-0.2, -0.15) is 0 Å². The molecule has 0 saturated carbocycles. The number of rotatable bonds is 8. The van der Waals surface area contributed by atoms with Gasteiger partial charge in [0.2, 0.25) is 10.0 Å². The van der Waals surface area contributed by atoms with Crippen molar-refractivity contribution >= 4 is 10.0 Å². The topological polar surface area (TPSA) is 49.4 Å². The van der Waals surface area contributed by atoms with E-state index in [0.717, 1.165) is 12.1 Å². The predicted octanol–water partition coefficient (Wildman–Crippen LogP) is 2.36. The molecule has 0 radical (unpaired) electrons. The fraction of sp³-hybridized carbons (Fsp3) is 0.600. The van der Waals surface area contributed by atoms with Crippen LogP contribution in [0.1, 0.15) is 38.3 Å². The molecule has 1 rings (SSSR count). The molecule has 0 heterocycles. The average Bonchev–Trinajstić information content (AvgIpc) is 2.37. The maximum absolute atomic E-state index is 11.6. The molecule has 5 heteroatoms. The van der Waals surface area contributed by atoms with Crippen molar-refractivity contribution in [1.29, 1.82) is 0 Å². The lowest BCUT2D eigenvalue weighted by Gasteiger charge is -2.21. The van der Waals surface area contributed by atoms with Crippen molar-refractivity contribution in [3.05, 3.63) is 35.4 Å². The van der Waals surface area contributed by atoms with Gasteiger partial charge in [-0.05, 0) is 38.4 Å². The highest BCUT2D eigenvalue weighted by Gasteiger charge is 2.09. The Morgan fingerprint density at radius 2 is 1.90 bits per heavy atom. The third-order valence-corrected chi connectivity index (χ3v) is 4.80. The number of nitrogens with one attached hydrogen (secondary N) is 1. The van der Waals surface area contributed by atoms with Gasteiger partial charge in [0, 0.05) is 19.1 Å². The summed E-state index contributed by atoms with van der Waals surface area (Å²) in [5.74, 6) is 0.183. The molecule has 0 aliphatic rings. The van der Waals surface area contributed by atoms with E-state index >= 15 is 0 Å². The normalized spacial score (nSPS) is 12.3. The van der Waals surface area contributed by atoms with Crippen molar-refractivity contribution in [2.24, 2.45) is 0 Å². The van der Waals surface area contributed by atoms with Gasteiger partial charge in [0.05, 0.1) is 5.75 Å². The quantitative estimate of drug-likeness (QED) is 0.801. The Bertz CT molecular complexity index is 512. The van der Waals surface area contributed by atoms with E-state index in [1.54, 1.807) is 0 Å². The van der Waals surface area contributed by atoms with Gasteiger partial charge < -0.3 is 0 Å². The fourth-order valence-corrected chi connectivity index (χ4v) is 2.91. The van der Waals surface area contributed by atoms with E-state index in [1.165, 1.54) is 5.56 Å². The molecule has 1 N–H and O–H groups in total. The van der Waals surface area contributed by atoms with E-state index in [4.69, 9.17) is 0 Å². The molecule has 0 saturated heterocycles. The molecule has 0 aliphatic heterocycles. The monoisotopic (exact) mass is 298 g/mol. The zero-order valence-corrected chi connectivity index (χ0v) is 13.7. The number of hydrogen-bond acceptors (Lipinski definition) is 3. The van der Waals surface area contributed by atoms with Gasteiger partial charge in [-0.3, -0.25) is 4.90 Å². The van der Waals surface area contributed by atoms with Gasteiger partial charge in [0.1, 0.15) is 0 Å². The third kappa shape index (κ3) is 6.03. The maximum atomic E-state index is 11.6. The summed E-state index contributed by atoms with van der Waals surface area (Å²) in [7, 11) is -1.05. The highest BCUT2D eigenvalue weighted by Crippen LogP contribution is 2.09. The zero-order valence-electron chi connectivity index (χ0n) is 12.9. The molecule has 0 atom stereocenters. The number of benzene rings is 1. The summed E-state index contributed by atoms with van der Waals surface area (Å²) in [6, 6.07) is 8.55. The molecule has 0 bridgehead atoms. The molecule has 0 unspecified atom stereocenters. The highest BCUT2D eigenvalue weighted by molar-refractivity contribution is 7.89. The Hall–Kier alpha value is -0.910. The summed E-state index contributed by atoms with van der Waals surface area (Å²) < 4.78 is 25.9. The number of sulfonamides is 1. The molecule has 0 fully saturated rings. The van der Waals surface area contributed by atoms with Gasteiger partial charge in [0.15, 0.2) is 0 Å². The second kappa shape index (κ2) is 7.76. The largest absolute Gasteiger partial charge is 0.300 e. The summed E-state index contributed by atoms with van der Waals surface area (Å²) in [4.78, 5) is 2.25. The fourth-order valence-electron chi connectivity index (χ4n) is 1.84. The van der Waals surface area contributed by atoms with Crippen molar-refractivity contribution < 1.29 is 8.42 Å². The molecule has 0 aliphatic carbocycles. The van der Waals surface area contributed by atoms with E-state index < -0.39 is 10.0 Å². The van der Waals surface area contributed by atoms with E-state index in [-0.39, 0.29) is 5.75 Å². The smallest absolute Gasteiger partial charge is 0.211 e.